The van der Waals surface area contributed by atoms with Crippen LogP contribution in [0.1, 0.15) is 91.0 Å². The molecule has 7 nitrogen and oxygen atoms in total. The van der Waals surface area contributed by atoms with Crippen molar-refractivity contribution >= 4 is 52.0 Å². The summed E-state index contributed by atoms with van der Waals surface area (Å²) in [5.41, 5.74) is 1.20. The Morgan fingerprint density at radius 1 is 1.00 bits per heavy atom. The molecule has 3 rings (SSSR count). The van der Waals surface area contributed by atoms with Crippen LogP contribution in [-0.4, -0.2) is 53.8 Å². The van der Waals surface area contributed by atoms with E-state index in [9.17, 15) is 18.9 Å². The second kappa shape index (κ2) is 18.4. The summed E-state index contributed by atoms with van der Waals surface area (Å²) in [7, 11) is -3.51. The molecule has 4 atom stereocenters. The Hall–Kier alpha value is -1.28. The van der Waals surface area contributed by atoms with Crippen molar-refractivity contribution < 1.29 is 28.2 Å². The van der Waals surface area contributed by atoms with Crippen molar-refractivity contribution in [2.75, 3.05) is 18.9 Å². The first-order valence-electron chi connectivity index (χ1n) is 14.9. The summed E-state index contributed by atoms with van der Waals surface area (Å²) in [5.74, 6) is -0.106. The van der Waals surface area contributed by atoms with E-state index in [2.05, 4.69) is 12.1 Å². The van der Waals surface area contributed by atoms with Gasteiger partial charge >= 0.3 is 5.97 Å². The maximum absolute atomic E-state index is 14.3. The highest BCUT2D eigenvalue weighted by atomic mass is 32.1. The number of Topliss-reactive ketones (excluding diaryl/α,β-unsaturated/α-hetero) is 1. The molecule has 0 aromatic heterocycles. The lowest BCUT2D eigenvalue weighted by Gasteiger charge is -2.30. The third kappa shape index (κ3) is 11.7. The number of likely N-dealkylation sites (tertiary alicyclic amines) is 1. The first kappa shape index (κ1) is 37.7. The minimum Gasteiger partial charge on any atom is -0.435 e. The van der Waals surface area contributed by atoms with Gasteiger partial charge in [-0.3, -0.25) is 23.5 Å². The summed E-state index contributed by atoms with van der Waals surface area (Å²) in [6.45, 7) is 7.48. The van der Waals surface area contributed by atoms with Crippen molar-refractivity contribution in [3.8, 4) is 0 Å². The lowest BCUT2D eigenvalue weighted by Crippen LogP contribution is -2.41. The molecule has 1 heterocycles. The third-order valence-corrected chi connectivity index (χ3v) is 10.6. The van der Waals surface area contributed by atoms with Crippen LogP contribution in [0, 0.1) is 17.8 Å². The second-order valence-corrected chi connectivity index (χ2v) is 14.4. The highest BCUT2D eigenvalue weighted by molar-refractivity contribution is 7.60. The third-order valence-electron chi connectivity index (χ3n) is 8.25. The Morgan fingerprint density at radius 3 is 2.24 bits per heavy atom. The number of esters is 1. The molecule has 0 radical (unpaired) electrons. The Kier molecular flexibility index (Phi) is 16.9. The van der Waals surface area contributed by atoms with E-state index in [0.717, 1.165) is 25.7 Å². The quantitative estimate of drug-likeness (QED) is 0.0968. The summed E-state index contributed by atoms with van der Waals surface area (Å²) in [6, 6.07) is 9.65. The smallest absolute Gasteiger partial charge is 0.307 e. The van der Waals surface area contributed by atoms with Gasteiger partial charge in [-0.2, -0.15) is 27.0 Å². The van der Waals surface area contributed by atoms with E-state index in [-0.39, 0.29) is 63.3 Å². The molecule has 234 valence electrons. The van der Waals surface area contributed by atoms with Gasteiger partial charge in [-0.1, -0.05) is 83.2 Å². The molecule has 1 aromatic rings. The van der Waals surface area contributed by atoms with E-state index < -0.39 is 25.7 Å². The molecule has 0 spiro atoms. The average Bonchev–Trinajstić information content (AvgIpc) is 3.38. The molecule has 1 saturated carbocycles. The van der Waals surface area contributed by atoms with Crippen LogP contribution in [0.25, 0.3) is 0 Å². The van der Waals surface area contributed by atoms with Crippen LogP contribution in [0.2, 0.25) is 0 Å². The molecule has 1 amide bonds. The number of benzene rings is 1. The lowest BCUT2D eigenvalue weighted by molar-refractivity contribution is -0.169. The zero-order valence-electron chi connectivity index (χ0n) is 25.3. The topological polar surface area (TPSA) is 90.0 Å². The zero-order valence-corrected chi connectivity index (χ0v) is 28.2. The van der Waals surface area contributed by atoms with Crippen molar-refractivity contribution in [3.05, 3.63) is 35.9 Å². The molecule has 1 aliphatic heterocycles. The monoisotopic (exact) mass is 629 g/mol. The number of ether oxygens (including phenoxy) is 1. The fourth-order valence-electron chi connectivity index (χ4n) is 5.95. The summed E-state index contributed by atoms with van der Waals surface area (Å²) >= 11 is 0. The van der Waals surface area contributed by atoms with Gasteiger partial charge in [0.25, 0.3) is 0 Å². The van der Waals surface area contributed by atoms with E-state index in [4.69, 9.17) is 9.26 Å². The Morgan fingerprint density at radius 2 is 1.66 bits per heavy atom. The van der Waals surface area contributed by atoms with Crippen LogP contribution >= 0.6 is 34.4 Å². The highest BCUT2D eigenvalue weighted by Gasteiger charge is 2.43. The first-order valence-corrected chi connectivity index (χ1v) is 16.9. The molecular weight excluding hydrogens is 577 g/mol. The lowest BCUT2D eigenvalue weighted by atomic mass is 9.79. The van der Waals surface area contributed by atoms with Crippen LogP contribution in [0.3, 0.4) is 0 Å². The molecule has 1 aromatic carbocycles. The number of nitrogens with zero attached hydrogens (tertiary/aromatic N) is 1. The van der Waals surface area contributed by atoms with Gasteiger partial charge in [0.1, 0.15) is 6.16 Å². The average molecular weight is 630 g/mol. The van der Waals surface area contributed by atoms with Crippen molar-refractivity contribution in [2.24, 2.45) is 17.8 Å². The van der Waals surface area contributed by atoms with E-state index in [1.54, 1.807) is 18.7 Å². The van der Waals surface area contributed by atoms with Gasteiger partial charge in [0.15, 0.2) is 5.78 Å². The van der Waals surface area contributed by atoms with Gasteiger partial charge < -0.3 is 9.64 Å². The fraction of sp³-hybridized carbons (Fsp3) is 0.710. The number of amides is 1. The molecule has 0 N–H and O–H groups in total. The second-order valence-electron chi connectivity index (χ2n) is 11.8. The van der Waals surface area contributed by atoms with E-state index in [1.165, 1.54) is 24.8 Å². The van der Waals surface area contributed by atoms with Crippen LogP contribution in [-0.2, 0) is 34.6 Å². The molecule has 1 saturated heterocycles. The molecule has 2 fully saturated rings. The molecule has 2 unspecified atom stereocenters. The Balaban J connectivity index is 0.00000420. The minimum atomic E-state index is -3.51. The number of carbonyl (C=O) groups excluding carboxylic acids is 3. The maximum atomic E-state index is 14.3. The molecule has 41 heavy (non-hydrogen) atoms. The summed E-state index contributed by atoms with van der Waals surface area (Å²) in [4.78, 5) is 40.0. The number of carbonyl (C=O) groups is 3. The highest BCUT2D eigenvalue weighted by Crippen LogP contribution is 2.51. The zero-order chi connectivity index (χ0) is 28.4. The van der Waals surface area contributed by atoms with Gasteiger partial charge in [-0.15, -0.1) is 0 Å². The van der Waals surface area contributed by atoms with Crippen molar-refractivity contribution in [3.63, 3.8) is 0 Å². The van der Waals surface area contributed by atoms with Crippen LogP contribution < -0.4 is 0 Å². The van der Waals surface area contributed by atoms with Crippen LogP contribution in [0.4, 0.5) is 0 Å². The minimum absolute atomic E-state index is 0. The number of hydrogen-bond acceptors (Lipinski definition) is 6. The van der Waals surface area contributed by atoms with Crippen LogP contribution in [0.15, 0.2) is 30.3 Å². The number of aryl methyl sites for hydroxylation is 1. The Labute approximate surface area is 261 Å². The van der Waals surface area contributed by atoms with E-state index in [0.29, 0.717) is 31.2 Å². The SMILES string of the molecule is CCC(=O)OC(OP(=O)(CCCCc1ccccc1)CC(=O)N1C[C@H](C2CCCCC2)C[C@H]1C(C)=O)C(C)C.S.S. The molecule has 1 aliphatic carbocycles. The normalized spacial score (nSPS) is 21.3. The summed E-state index contributed by atoms with van der Waals surface area (Å²) in [5, 5.41) is 0. The van der Waals surface area contributed by atoms with E-state index >= 15 is 0 Å². The Bertz CT molecular complexity index is 1000. The summed E-state index contributed by atoms with van der Waals surface area (Å²) in [6.07, 6.45) is 8.08. The van der Waals surface area contributed by atoms with Gasteiger partial charge in [0, 0.05) is 25.0 Å². The fourth-order valence-corrected chi connectivity index (χ4v) is 8.25. The molecule has 0 bridgehead atoms. The number of rotatable bonds is 14. The molecule has 10 heteroatoms. The van der Waals surface area contributed by atoms with E-state index in [1.807, 2.05) is 32.0 Å². The van der Waals surface area contributed by atoms with Crippen molar-refractivity contribution in [1.82, 2.24) is 4.90 Å². The van der Waals surface area contributed by atoms with Crippen molar-refractivity contribution in [2.45, 2.75) is 104 Å². The molecule has 2 aliphatic rings. The number of ketones is 1. The van der Waals surface area contributed by atoms with Gasteiger partial charge in [0.2, 0.25) is 19.6 Å². The predicted octanol–water partition coefficient (Wildman–Crippen LogP) is 6.85. The number of hydrogen-bond donors (Lipinski definition) is 0. The van der Waals surface area contributed by atoms with Gasteiger partial charge in [-0.25, -0.2) is 0 Å². The van der Waals surface area contributed by atoms with Gasteiger partial charge in [-0.05, 0) is 50.0 Å². The van der Waals surface area contributed by atoms with Gasteiger partial charge in [0.05, 0.1) is 6.04 Å². The molecular formula is C31H52NO6PS2. The van der Waals surface area contributed by atoms with Crippen LogP contribution in [0.5, 0.6) is 0 Å². The first-order chi connectivity index (χ1) is 18.6. The summed E-state index contributed by atoms with van der Waals surface area (Å²) < 4.78 is 25.8. The van der Waals surface area contributed by atoms with Crippen molar-refractivity contribution in [1.29, 1.82) is 0 Å². The standard InChI is InChI=1S/C31H48NO6P.2H2S/c1-5-30(35)37-31(23(2)3)38-39(36,19-13-12-16-25-14-8-6-9-15-25)22-29(34)32-21-27(20-28(32)24(4)33)26-17-10-7-11-18-26;;/h6,8-9,14-15,23,26-28,31H,5,7,10-13,16-22H2,1-4H3;2*1H2/t27-,28+,31?,39?;;/m1../s1. The largest absolute Gasteiger partial charge is 0.435 e. The predicted molar refractivity (Wildman–Crippen MR) is 174 cm³/mol. The maximum Gasteiger partial charge on any atom is 0.307 e. The number of unbranched alkanes of at least 4 members (excludes halogenated alkanes) is 1.